The summed E-state index contributed by atoms with van der Waals surface area (Å²) in [6, 6.07) is 14.4. The van der Waals surface area contributed by atoms with Crippen LogP contribution in [0.1, 0.15) is 15.9 Å². The summed E-state index contributed by atoms with van der Waals surface area (Å²) >= 11 is 1.38. The van der Waals surface area contributed by atoms with Gasteiger partial charge in [-0.15, -0.1) is 0 Å². The maximum Gasteiger partial charge on any atom is 0.260 e. The molecule has 1 amide bonds. The molecule has 4 rings (SSSR count). The monoisotopic (exact) mass is 435 g/mol. The number of aromatic nitrogens is 2. The van der Waals surface area contributed by atoms with E-state index in [9.17, 15) is 4.79 Å². The lowest BCUT2D eigenvalue weighted by atomic mass is 10.2. The molecule has 31 heavy (non-hydrogen) atoms. The maximum atomic E-state index is 13.5. The fourth-order valence-electron chi connectivity index (χ4n) is 3.18. The summed E-state index contributed by atoms with van der Waals surface area (Å²) < 4.78 is 17.0. The third-order valence-electron chi connectivity index (χ3n) is 4.78. The number of pyridine rings is 1. The van der Waals surface area contributed by atoms with Gasteiger partial charge in [-0.2, -0.15) is 0 Å². The van der Waals surface area contributed by atoms with Gasteiger partial charge in [-0.25, -0.2) is 4.98 Å². The first kappa shape index (κ1) is 20.6. The van der Waals surface area contributed by atoms with Crippen LogP contribution in [0.3, 0.4) is 0 Å². The molecule has 0 aliphatic carbocycles. The van der Waals surface area contributed by atoms with Crippen LogP contribution in [-0.2, 0) is 6.54 Å². The summed E-state index contributed by atoms with van der Waals surface area (Å²) in [5.74, 6) is 1.81. The van der Waals surface area contributed by atoms with Crippen LogP contribution in [0.25, 0.3) is 10.2 Å². The number of anilines is 1. The lowest BCUT2D eigenvalue weighted by Crippen LogP contribution is -2.30. The molecule has 158 valence electrons. The fourth-order valence-corrected chi connectivity index (χ4v) is 4.25. The van der Waals surface area contributed by atoms with Crippen molar-refractivity contribution in [3.05, 3.63) is 72.1 Å². The van der Waals surface area contributed by atoms with Gasteiger partial charge >= 0.3 is 0 Å². The van der Waals surface area contributed by atoms with Crippen molar-refractivity contribution in [2.75, 3.05) is 26.2 Å². The minimum atomic E-state index is -0.177. The molecule has 0 N–H and O–H groups in total. The van der Waals surface area contributed by atoms with E-state index in [-0.39, 0.29) is 5.91 Å². The van der Waals surface area contributed by atoms with Crippen molar-refractivity contribution in [1.82, 2.24) is 9.97 Å². The van der Waals surface area contributed by atoms with Crippen LogP contribution in [0.2, 0.25) is 0 Å². The van der Waals surface area contributed by atoms with Gasteiger partial charge in [0.15, 0.2) is 5.13 Å². The molecule has 2 heterocycles. The van der Waals surface area contributed by atoms with Crippen molar-refractivity contribution in [3.8, 4) is 17.2 Å². The van der Waals surface area contributed by atoms with Crippen molar-refractivity contribution < 1.29 is 19.0 Å². The molecule has 0 bridgehead atoms. The van der Waals surface area contributed by atoms with Crippen molar-refractivity contribution in [2.45, 2.75) is 6.54 Å². The third kappa shape index (κ3) is 4.15. The van der Waals surface area contributed by atoms with Gasteiger partial charge in [0.25, 0.3) is 5.91 Å². The van der Waals surface area contributed by atoms with Crippen molar-refractivity contribution >= 4 is 32.6 Å². The van der Waals surface area contributed by atoms with E-state index in [0.717, 1.165) is 10.3 Å². The number of amides is 1. The number of hydrogen-bond donors (Lipinski definition) is 0. The largest absolute Gasteiger partial charge is 0.497 e. The van der Waals surface area contributed by atoms with E-state index < -0.39 is 0 Å². The van der Waals surface area contributed by atoms with E-state index in [4.69, 9.17) is 19.2 Å². The predicted molar refractivity (Wildman–Crippen MR) is 120 cm³/mol. The molecule has 0 spiro atoms. The average Bonchev–Trinajstić information content (AvgIpc) is 3.27. The molecule has 0 radical (unpaired) electrons. The highest BCUT2D eigenvalue weighted by molar-refractivity contribution is 7.22. The zero-order chi connectivity index (χ0) is 21.8. The van der Waals surface area contributed by atoms with E-state index in [1.54, 1.807) is 69.0 Å². The van der Waals surface area contributed by atoms with Gasteiger partial charge < -0.3 is 14.2 Å². The van der Waals surface area contributed by atoms with Crippen LogP contribution in [0, 0.1) is 0 Å². The normalized spacial score (nSPS) is 10.7. The minimum absolute atomic E-state index is 0.177. The second kappa shape index (κ2) is 9.01. The summed E-state index contributed by atoms with van der Waals surface area (Å²) in [5, 5.41) is 0.544. The van der Waals surface area contributed by atoms with Crippen LogP contribution in [0.4, 0.5) is 5.13 Å². The zero-order valence-electron chi connectivity index (χ0n) is 17.4. The highest BCUT2D eigenvalue weighted by Gasteiger charge is 2.24. The second-order valence-electron chi connectivity index (χ2n) is 6.63. The molecular formula is C23H21N3O4S. The van der Waals surface area contributed by atoms with Crippen molar-refractivity contribution in [3.63, 3.8) is 0 Å². The number of fused-ring (bicyclic) bond motifs is 1. The Morgan fingerprint density at radius 1 is 0.968 bits per heavy atom. The number of benzene rings is 2. The molecule has 0 aliphatic rings. The van der Waals surface area contributed by atoms with E-state index in [1.165, 1.54) is 11.3 Å². The first-order chi connectivity index (χ1) is 15.1. The van der Waals surface area contributed by atoms with Gasteiger partial charge in [0.1, 0.15) is 27.5 Å². The number of hydrogen-bond acceptors (Lipinski definition) is 7. The Balaban J connectivity index is 1.81. The molecule has 0 atom stereocenters. The van der Waals surface area contributed by atoms with E-state index >= 15 is 0 Å². The number of rotatable bonds is 7. The zero-order valence-corrected chi connectivity index (χ0v) is 18.2. The topological polar surface area (TPSA) is 73.8 Å². The molecule has 4 aromatic rings. The summed E-state index contributed by atoms with van der Waals surface area (Å²) in [6.45, 7) is 0.323. The molecule has 2 aromatic heterocycles. The number of thiazole rings is 1. The summed E-state index contributed by atoms with van der Waals surface area (Å²) in [6.07, 6.45) is 3.44. The first-order valence-electron chi connectivity index (χ1n) is 9.51. The molecule has 0 saturated carbocycles. The van der Waals surface area contributed by atoms with Crippen LogP contribution in [-0.4, -0.2) is 37.2 Å². The average molecular weight is 436 g/mol. The molecule has 0 saturated heterocycles. The molecule has 2 aromatic carbocycles. The predicted octanol–water partition coefficient (Wildman–Crippen LogP) is 4.56. The summed E-state index contributed by atoms with van der Waals surface area (Å²) in [4.78, 5) is 24.1. The van der Waals surface area contributed by atoms with E-state index in [0.29, 0.717) is 40.0 Å². The van der Waals surface area contributed by atoms with Gasteiger partial charge in [-0.05, 0) is 48.0 Å². The van der Waals surface area contributed by atoms with Crippen LogP contribution >= 0.6 is 11.3 Å². The third-order valence-corrected chi connectivity index (χ3v) is 5.87. The molecular weight excluding hydrogens is 414 g/mol. The lowest BCUT2D eigenvalue weighted by Gasteiger charge is -2.20. The summed E-state index contributed by atoms with van der Waals surface area (Å²) in [7, 11) is 4.79. The lowest BCUT2D eigenvalue weighted by molar-refractivity contribution is 0.0985. The van der Waals surface area contributed by atoms with E-state index in [2.05, 4.69) is 4.98 Å². The number of nitrogens with zero attached hydrogens (tertiary/aromatic N) is 3. The van der Waals surface area contributed by atoms with Gasteiger partial charge in [-0.1, -0.05) is 17.4 Å². The number of ether oxygens (including phenoxy) is 3. The minimum Gasteiger partial charge on any atom is -0.497 e. The fraction of sp³-hybridized carbons (Fsp3) is 0.174. The molecule has 0 unspecified atom stereocenters. The Bertz CT molecular complexity index is 1150. The van der Waals surface area contributed by atoms with Crippen molar-refractivity contribution in [2.24, 2.45) is 0 Å². The standard InChI is InChI=1S/C23H21N3O4S/c1-28-17-8-6-16(7-9-17)22(27)26(14-15-5-4-12-24-13-15)23-25-20-18(29-2)10-11-19(30-3)21(20)31-23/h4-13H,14H2,1-3H3. The SMILES string of the molecule is COc1ccc(C(=O)N(Cc2cccnc2)c2nc3c(OC)ccc(OC)c3s2)cc1. The summed E-state index contributed by atoms with van der Waals surface area (Å²) in [5.41, 5.74) is 2.07. The first-order valence-corrected chi connectivity index (χ1v) is 10.3. The van der Waals surface area contributed by atoms with Crippen LogP contribution in [0.15, 0.2) is 60.9 Å². The second-order valence-corrected chi connectivity index (χ2v) is 7.60. The maximum absolute atomic E-state index is 13.5. The van der Waals surface area contributed by atoms with E-state index in [1.807, 2.05) is 18.2 Å². The Morgan fingerprint density at radius 3 is 2.35 bits per heavy atom. The van der Waals surface area contributed by atoms with Gasteiger partial charge in [-0.3, -0.25) is 14.7 Å². The quantitative estimate of drug-likeness (QED) is 0.424. The molecule has 8 heteroatoms. The van der Waals surface area contributed by atoms with Crippen molar-refractivity contribution in [1.29, 1.82) is 0 Å². The van der Waals surface area contributed by atoms with Gasteiger partial charge in [0, 0.05) is 18.0 Å². The Labute approximate surface area is 183 Å². The van der Waals surface area contributed by atoms with Crippen LogP contribution in [0.5, 0.6) is 17.2 Å². The molecule has 0 aliphatic heterocycles. The Kier molecular flexibility index (Phi) is 5.99. The number of carbonyl (C=O) groups excluding carboxylic acids is 1. The smallest absolute Gasteiger partial charge is 0.260 e. The highest BCUT2D eigenvalue weighted by Crippen LogP contribution is 2.40. The number of carbonyl (C=O) groups is 1. The highest BCUT2D eigenvalue weighted by atomic mass is 32.1. The molecule has 7 nitrogen and oxygen atoms in total. The Hall–Kier alpha value is -3.65. The van der Waals surface area contributed by atoms with Gasteiger partial charge in [0.05, 0.1) is 27.9 Å². The van der Waals surface area contributed by atoms with Gasteiger partial charge in [0.2, 0.25) is 0 Å². The van der Waals surface area contributed by atoms with Crippen LogP contribution < -0.4 is 19.1 Å². The molecule has 0 fully saturated rings. The Morgan fingerprint density at radius 2 is 1.71 bits per heavy atom. The number of methoxy groups -OCH3 is 3.